The van der Waals surface area contributed by atoms with Crippen LogP contribution in [0.5, 0.6) is 0 Å². The molecule has 0 radical (unpaired) electrons. The van der Waals surface area contributed by atoms with Gasteiger partial charge >= 0.3 is 0 Å². The number of amides is 1. The van der Waals surface area contributed by atoms with Crippen LogP contribution < -0.4 is 11.1 Å². The molecule has 6 heteroatoms. The molecule has 25 heavy (non-hydrogen) atoms. The van der Waals surface area contributed by atoms with Gasteiger partial charge in [-0.15, -0.1) is 0 Å². The van der Waals surface area contributed by atoms with Gasteiger partial charge < -0.3 is 20.9 Å². The molecular weight excluding hydrogens is 314 g/mol. The molecule has 0 spiro atoms. The van der Waals surface area contributed by atoms with Crippen molar-refractivity contribution < 1.29 is 4.79 Å². The normalized spacial score (nSPS) is 18.4. The fourth-order valence-corrected chi connectivity index (χ4v) is 3.37. The maximum absolute atomic E-state index is 11.5. The van der Waals surface area contributed by atoms with Gasteiger partial charge in [0.15, 0.2) is 0 Å². The van der Waals surface area contributed by atoms with E-state index in [1.807, 2.05) is 30.5 Å². The van der Waals surface area contributed by atoms with Crippen LogP contribution in [0.1, 0.15) is 31.7 Å². The van der Waals surface area contributed by atoms with E-state index in [2.05, 4.69) is 15.2 Å². The fraction of sp³-hybridized carbons (Fsp3) is 0.474. The minimum Gasteiger partial charge on any atom is -0.341 e. The highest BCUT2D eigenvalue weighted by molar-refractivity contribution is 6.07. The Balaban J connectivity index is 1.71. The third-order valence-electron chi connectivity index (χ3n) is 4.64. The second kappa shape index (κ2) is 8.27. The lowest BCUT2D eigenvalue weighted by Crippen LogP contribution is -2.23. The summed E-state index contributed by atoms with van der Waals surface area (Å²) < 4.78 is 0. The van der Waals surface area contributed by atoms with Crippen LogP contribution in [0, 0.1) is 0 Å². The summed E-state index contributed by atoms with van der Waals surface area (Å²) in [6, 6.07) is 8.35. The average Bonchev–Trinajstić information content (AvgIpc) is 3.17. The average molecular weight is 341 g/mol. The van der Waals surface area contributed by atoms with Gasteiger partial charge in [0.1, 0.15) is 5.82 Å². The molecule has 1 unspecified atom stereocenters. The number of benzene rings is 1. The fourth-order valence-electron chi connectivity index (χ4n) is 3.37. The van der Waals surface area contributed by atoms with Gasteiger partial charge in [-0.3, -0.25) is 9.79 Å². The largest absolute Gasteiger partial charge is 0.341 e. The molecule has 2 aromatic rings. The third-order valence-corrected chi connectivity index (χ3v) is 4.64. The molecule has 1 aromatic heterocycles. The number of carbonyl (C=O) groups is 1. The lowest BCUT2D eigenvalue weighted by Gasteiger charge is -2.14. The molecule has 3 rings (SSSR count). The number of aromatic amines is 1. The Hall–Kier alpha value is -2.18. The van der Waals surface area contributed by atoms with E-state index in [4.69, 9.17) is 10.7 Å². The molecule has 0 bridgehead atoms. The number of unbranched alkanes of at least 4 members (excludes halogenated alkanes) is 1. The predicted molar refractivity (Wildman–Crippen MR) is 103 cm³/mol. The summed E-state index contributed by atoms with van der Waals surface area (Å²) in [5.74, 6) is 0.628. The Bertz CT molecular complexity index is 751. The van der Waals surface area contributed by atoms with Crippen LogP contribution in [0.15, 0.2) is 29.3 Å². The molecule has 1 aliphatic rings. The first kappa shape index (κ1) is 17.6. The number of hydrogen-bond acceptors (Lipinski definition) is 4. The first-order valence-corrected chi connectivity index (χ1v) is 9.01. The molecule has 0 aliphatic carbocycles. The van der Waals surface area contributed by atoms with Gasteiger partial charge in [-0.25, -0.2) is 0 Å². The van der Waals surface area contributed by atoms with E-state index in [-0.39, 0.29) is 5.91 Å². The minimum absolute atomic E-state index is 0.0897. The Morgan fingerprint density at radius 2 is 2.28 bits per heavy atom. The summed E-state index contributed by atoms with van der Waals surface area (Å²) >= 11 is 0. The van der Waals surface area contributed by atoms with Crippen molar-refractivity contribution in [3.05, 3.63) is 29.8 Å². The van der Waals surface area contributed by atoms with E-state index in [0.29, 0.717) is 6.04 Å². The van der Waals surface area contributed by atoms with Gasteiger partial charge in [-0.05, 0) is 38.4 Å². The van der Waals surface area contributed by atoms with Crippen LogP contribution in [0.2, 0.25) is 0 Å². The zero-order chi connectivity index (χ0) is 17.6. The number of likely N-dealkylation sites (tertiary alicyclic amines) is 1. The van der Waals surface area contributed by atoms with Gasteiger partial charge in [-0.1, -0.05) is 18.2 Å². The molecular formula is C19H27N5O. The van der Waals surface area contributed by atoms with E-state index in [1.165, 1.54) is 6.92 Å². The quantitative estimate of drug-likeness (QED) is 0.534. The van der Waals surface area contributed by atoms with Crippen LogP contribution in [0.25, 0.3) is 10.9 Å². The van der Waals surface area contributed by atoms with Crippen molar-refractivity contribution in [1.29, 1.82) is 0 Å². The molecule has 2 heterocycles. The number of rotatable bonds is 7. The third kappa shape index (κ3) is 4.46. The van der Waals surface area contributed by atoms with Crippen molar-refractivity contribution in [3.8, 4) is 0 Å². The number of nitrogens with one attached hydrogen (secondary N) is 2. The number of aliphatic imine (C=N–C) groups is 1. The summed E-state index contributed by atoms with van der Waals surface area (Å²) in [5, 5.41) is 3.95. The molecule has 1 atom stereocenters. The maximum atomic E-state index is 11.5. The molecule has 1 aromatic carbocycles. The maximum Gasteiger partial charge on any atom is 0.222 e. The van der Waals surface area contributed by atoms with Gasteiger partial charge in [0.05, 0.1) is 6.04 Å². The Morgan fingerprint density at radius 3 is 3.08 bits per heavy atom. The molecule has 6 nitrogen and oxygen atoms in total. The summed E-state index contributed by atoms with van der Waals surface area (Å²) in [6.07, 6.45) is 5.23. The number of nitrogens with zero attached hydrogens (tertiary/aromatic N) is 2. The summed E-state index contributed by atoms with van der Waals surface area (Å²) in [6.45, 7) is 5.48. The lowest BCUT2D eigenvalue weighted by molar-refractivity contribution is -0.114. The lowest BCUT2D eigenvalue weighted by atomic mass is 10.1. The molecule has 0 saturated carbocycles. The van der Waals surface area contributed by atoms with Crippen LogP contribution >= 0.6 is 0 Å². The highest BCUT2D eigenvalue weighted by Crippen LogP contribution is 2.25. The molecule has 1 amide bonds. The monoisotopic (exact) mass is 341 g/mol. The summed E-state index contributed by atoms with van der Waals surface area (Å²) in [5.41, 5.74) is 7.52. The van der Waals surface area contributed by atoms with E-state index in [9.17, 15) is 4.79 Å². The summed E-state index contributed by atoms with van der Waals surface area (Å²) in [7, 11) is 0. The molecule has 134 valence electrons. The number of nitrogens with two attached hydrogens (primary N) is 1. The zero-order valence-corrected chi connectivity index (χ0v) is 14.8. The first-order valence-electron chi connectivity index (χ1n) is 9.01. The second-order valence-electron chi connectivity index (χ2n) is 6.66. The SMILES string of the molecule is CC(=O)Nc1[nH]c2ccccc2c1C=NC1CCN(CCCCN)C1. The molecule has 1 saturated heterocycles. The van der Waals surface area contributed by atoms with Gasteiger partial charge in [0.2, 0.25) is 5.91 Å². The number of H-pyrrole nitrogens is 1. The topological polar surface area (TPSA) is 86.5 Å². The van der Waals surface area contributed by atoms with Gasteiger partial charge in [0, 0.05) is 42.7 Å². The van der Waals surface area contributed by atoms with Crippen molar-refractivity contribution >= 4 is 28.8 Å². The number of para-hydroxylation sites is 1. The van der Waals surface area contributed by atoms with E-state index >= 15 is 0 Å². The van der Waals surface area contributed by atoms with Crippen molar-refractivity contribution in [2.45, 2.75) is 32.2 Å². The van der Waals surface area contributed by atoms with E-state index in [0.717, 1.165) is 67.7 Å². The van der Waals surface area contributed by atoms with Gasteiger partial charge in [0.25, 0.3) is 0 Å². The van der Waals surface area contributed by atoms with Crippen molar-refractivity contribution in [1.82, 2.24) is 9.88 Å². The minimum atomic E-state index is -0.0897. The van der Waals surface area contributed by atoms with E-state index < -0.39 is 0 Å². The smallest absolute Gasteiger partial charge is 0.222 e. The Kier molecular flexibility index (Phi) is 5.83. The summed E-state index contributed by atoms with van der Waals surface area (Å²) in [4.78, 5) is 22.0. The highest BCUT2D eigenvalue weighted by Gasteiger charge is 2.21. The van der Waals surface area contributed by atoms with Crippen LogP contribution in [0.4, 0.5) is 5.82 Å². The number of aromatic nitrogens is 1. The Morgan fingerprint density at radius 1 is 1.44 bits per heavy atom. The number of anilines is 1. The molecule has 1 fully saturated rings. The molecule has 4 N–H and O–H groups in total. The zero-order valence-electron chi connectivity index (χ0n) is 14.8. The standard InChI is InChI=1S/C19H27N5O/c1-14(25)22-19-17(16-6-2-3-7-18(16)23-19)12-21-15-8-11-24(13-15)10-5-4-9-20/h2-3,6-7,12,15,23H,4-5,8-11,13,20H2,1H3,(H,22,25). The van der Waals surface area contributed by atoms with Crippen LogP contribution in [-0.4, -0.2) is 54.2 Å². The predicted octanol–water partition coefficient (Wildman–Crippen LogP) is 2.36. The second-order valence-corrected chi connectivity index (χ2v) is 6.66. The van der Waals surface area contributed by atoms with Crippen molar-refractivity contribution in [2.24, 2.45) is 10.7 Å². The van der Waals surface area contributed by atoms with Crippen molar-refractivity contribution in [2.75, 3.05) is 31.5 Å². The highest BCUT2D eigenvalue weighted by atomic mass is 16.1. The number of hydrogen-bond donors (Lipinski definition) is 3. The Labute approximate surface area is 148 Å². The van der Waals surface area contributed by atoms with E-state index in [1.54, 1.807) is 0 Å². The van der Waals surface area contributed by atoms with Gasteiger partial charge in [-0.2, -0.15) is 0 Å². The molecule has 1 aliphatic heterocycles. The van der Waals surface area contributed by atoms with Crippen molar-refractivity contribution in [3.63, 3.8) is 0 Å². The first-order chi connectivity index (χ1) is 12.2. The number of carbonyl (C=O) groups excluding carboxylic acids is 1. The number of fused-ring (bicyclic) bond motifs is 1. The van der Waals surface area contributed by atoms with Crippen LogP contribution in [0.3, 0.4) is 0 Å². The van der Waals surface area contributed by atoms with Crippen LogP contribution in [-0.2, 0) is 4.79 Å².